The Labute approximate surface area is 222 Å². The predicted octanol–water partition coefficient (Wildman–Crippen LogP) is 5.71. The van der Waals surface area contributed by atoms with Crippen molar-refractivity contribution in [3.63, 3.8) is 0 Å². The smallest absolute Gasteiger partial charge is 0.263 e. The van der Waals surface area contributed by atoms with E-state index in [-0.39, 0.29) is 18.0 Å². The maximum Gasteiger partial charge on any atom is 0.263 e. The molecular weight excluding hydrogens is 506 g/mol. The zero-order chi connectivity index (χ0) is 25.5. The van der Waals surface area contributed by atoms with E-state index in [4.69, 9.17) is 22.1 Å². The number of nitrogens with zero attached hydrogens (tertiary/aromatic N) is 2. The lowest BCUT2D eigenvalue weighted by atomic mass is 9.91. The Balaban J connectivity index is 1.40. The summed E-state index contributed by atoms with van der Waals surface area (Å²) >= 11 is 7.99. The molecule has 2 atom stereocenters. The maximum absolute atomic E-state index is 13.3. The third-order valence-corrected chi connectivity index (χ3v) is 8.23. The van der Waals surface area contributed by atoms with Gasteiger partial charge in [-0.1, -0.05) is 49.2 Å². The van der Waals surface area contributed by atoms with E-state index >= 15 is 0 Å². The molecule has 2 aromatic carbocycles. The Morgan fingerprint density at radius 1 is 1.19 bits per heavy atom. The van der Waals surface area contributed by atoms with Crippen LogP contribution in [0.3, 0.4) is 0 Å². The van der Waals surface area contributed by atoms with Gasteiger partial charge in [0.25, 0.3) is 5.91 Å². The van der Waals surface area contributed by atoms with Gasteiger partial charge in [-0.05, 0) is 49.2 Å². The fourth-order valence-electron chi connectivity index (χ4n) is 5.01. The molecule has 0 aliphatic heterocycles. The van der Waals surface area contributed by atoms with Crippen LogP contribution in [0.4, 0.5) is 0 Å². The molecule has 188 valence electrons. The van der Waals surface area contributed by atoms with Gasteiger partial charge < -0.3 is 20.8 Å². The average Bonchev–Trinajstić information content (AvgIpc) is 3.27. The number of nitrogens with one attached hydrogen (secondary N) is 2. The van der Waals surface area contributed by atoms with Crippen LogP contribution in [0, 0.1) is 0 Å². The Morgan fingerprint density at radius 2 is 2.00 bits per heavy atom. The van der Waals surface area contributed by atoms with Gasteiger partial charge in [0.15, 0.2) is 0 Å². The second-order valence-electron chi connectivity index (χ2n) is 9.28. The number of benzene rings is 2. The number of carbonyl (C=O) groups excluding carboxylic acids is 1. The molecule has 1 saturated carbocycles. The number of aromatic nitrogens is 3. The number of carbonyl (C=O) groups is 1. The van der Waals surface area contributed by atoms with E-state index in [9.17, 15) is 4.79 Å². The number of halogens is 1. The molecular formula is C28H26ClN5O2S. The first-order chi connectivity index (χ1) is 18.0. The Kier molecular flexibility index (Phi) is 6.24. The zero-order valence-electron chi connectivity index (χ0n) is 20.0. The second-order valence-corrected chi connectivity index (χ2v) is 10.7. The van der Waals surface area contributed by atoms with Gasteiger partial charge in [0.2, 0.25) is 0 Å². The third-order valence-electron chi connectivity index (χ3n) is 6.84. The minimum atomic E-state index is -0.134. The van der Waals surface area contributed by atoms with Crippen molar-refractivity contribution in [1.82, 2.24) is 19.9 Å². The minimum Gasteiger partial charge on any atom is -0.456 e. The molecule has 5 aromatic rings. The normalized spacial score (nSPS) is 17.8. The largest absolute Gasteiger partial charge is 0.456 e. The summed E-state index contributed by atoms with van der Waals surface area (Å²) in [5.74, 6) is 1.13. The summed E-state index contributed by atoms with van der Waals surface area (Å²) in [7, 11) is 0. The number of aromatic amines is 1. The number of thiophene rings is 1. The lowest BCUT2D eigenvalue weighted by molar-refractivity contribution is 0.0926. The van der Waals surface area contributed by atoms with Crippen molar-refractivity contribution >= 4 is 56.7 Å². The number of rotatable bonds is 5. The van der Waals surface area contributed by atoms with E-state index in [0.717, 1.165) is 52.6 Å². The average molecular weight is 532 g/mol. The molecule has 4 N–H and O–H groups in total. The van der Waals surface area contributed by atoms with Crippen LogP contribution in [0.15, 0.2) is 60.8 Å². The van der Waals surface area contributed by atoms with Crippen molar-refractivity contribution in [2.45, 2.75) is 37.8 Å². The van der Waals surface area contributed by atoms with Gasteiger partial charge in [-0.15, -0.1) is 11.3 Å². The van der Waals surface area contributed by atoms with Crippen LogP contribution in [0.2, 0.25) is 5.02 Å². The number of pyridine rings is 1. The van der Waals surface area contributed by atoms with E-state index in [1.165, 1.54) is 11.3 Å². The highest BCUT2D eigenvalue weighted by atomic mass is 35.5. The Morgan fingerprint density at radius 3 is 2.78 bits per heavy atom. The van der Waals surface area contributed by atoms with Crippen LogP contribution in [-0.4, -0.2) is 32.5 Å². The van der Waals surface area contributed by atoms with E-state index < -0.39 is 0 Å². The van der Waals surface area contributed by atoms with Crippen molar-refractivity contribution < 1.29 is 9.53 Å². The number of amides is 1. The van der Waals surface area contributed by atoms with E-state index in [2.05, 4.69) is 21.9 Å². The lowest BCUT2D eigenvalue weighted by Gasteiger charge is -2.29. The third kappa shape index (κ3) is 4.41. The summed E-state index contributed by atoms with van der Waals surface area (Å²) in [6, 6.07) is 17.0. The van der Waals surface area contributed by atoms with Crippen molar-refractivity contribution in [3.05, 3.63) is 76.2 Å². The molecule has 7 nitrogen and oxygen atoms in total. The monoisotopic (exact) mass is 531 g/mol. The molecule has 2 unspecified atom stereocenters. The van der Waals surface area contributed by atoms with E-state index in [1.54, 1.807) is 6.20 Å². The van der Waals surface area contributed by atoms with Crippen molar-refractivity contribution in [3.8, 4) is 17.2 Å². The van der Waals surface area contributed by atoms with Crippen molar-refractivity contribution in [2.75, 3.05) is 0 Å². The van der Waals surface area contributed by atoms with Crippen LogP contribution in [0.25, 0.3) is 33.5 Å². The highest BCUT2D eigenvalue weighted by Crippen LogP contribution is 2.35. The molecule has 37 heavy (non-hydrogen) atoms. The van der Waals surface area contributed by atoms with Gasteiger partial charge in [-0.3, -0.25) is 9.36 Å². The van der Waals surface area contributed by atoms with E-state index in [0.29, 0.717) is 26.9 Å². The van der Waals surface area contributed by atoms with Crippen LogP contribution < -0.4 is 21.3 Å². The van der Waals surface area contributed by atoms with Crippen LogP contribution >= 0.6 is 22.9 Å². The molecule has 6 rings (SSSR count). The summed E-state index contributed by atoms with van der Waals surface area (Å²) in [6.45, 7) is 4.26. The first-order valence-corrected chi connectivity index (χ1v) is 13.5. The first-order valence-electron chi connectivity index (χ1n) is 12.3. The van der Waals surface area contributed by atoms with Gasteiger partial charge in [0.1, 0.15) is 26.7 Å². The highest BCUT2D eigenvalue weighted by Gasteiger charge is 2.26. The molecule has 0 saturated heterocycles. The van der Waals surface area contributed by atoms with Gasteiger partial charge in [-0.25, -0.2) is 4.98 Å². The Bertz CT molecular complexity index is 1670. The van der Waals surface area contributed by atoms with Crippen LogP contribution in [0.1, 0.15) is 35.4 Å². The summed E-state index contributed by atoms with van der Waals surface area (Å²) in [4.78, 5) is 22.6. The number of nitrogens with two attached hydrogens (primary N) is 1. The fraction of sp³-hybridized carbons (Fsp3) is 0.214. The first kappa shape index (κ1) is 23.8. The summed E-state index contributed by atoms with van der Waals surface area (Å²) in [5, 5.41) is 4.51. The van der Waals surface area contributed by atoms with Gasteiger partial charge >= 0.3 is 0 Å². The molecule has 1 amide bonds. The number of hydrogen-bond donors (Lipinski definition) is 3. The Hall–Kier alpha value is -3.59. The number of para-hydroxylation sites is 1. The zero-order valence-corrected chi connectivity index (χ0v) is 21.6. The lowest BCUT2D eigenvalue weighted by Crippen LogP contribution is -2.49. The molecule has 0 bridgehead atoms. The molecule has 1 aliphatic carbocycles. The van der Waals surface area contributed by atoms with Gasteiger partial charge in [0.05, 0.1) is 21.4 Å². The number of hydrogen-bond acceptors (Lipinski definition) is 5. The fourth-order valence-corrected chi connectivity index (χ4v) is 6.25. The predicted molar refractivity (Wildman–Crippen MR) is 150 cm³/mol. The second kappa shape index (κ2) is 9.70. The van der Waals surface area contributed by atoms with Crippen LogP contribution in [0.5, 0.6) is 11.5 Å². The minimum absolute atomic E-state index is 0.0193. The van der Waals surface area contributed by atoms with Crippen LogP contribution in [-0.2, 0) is 0 Å². The van der Waals surface area contributed by atoms with E-state index in [1.807, 2.05) is 59.2 Å². The molecule has 1 fully saturated rings. The van der Waals surface area contributed by atoms with Crippen molar-refractivity contribution in [1.29, 1.82) is 0 Å². The standard InChI is InChI=1S/C28H26ClN5O2S/c1-16-32-25-24-22(34(16)17-11-12-23(19(29)15-17)36-18-7-3-2-4-8-18)13-14-31-28(24)37-26(25)27(35)33-21-10-6-5-9-20(21)30/h2-4,7-8,11-15,20-21,32H,1,5-6,9-10,30H2,(H,33,35). The highest BCUT2D eigenvalue weighted by molar-refractivity contribution is 7.21. The molecule has 0 spiro atoms. The molecule has 1 aliphatic rings. The molecule has 3 aromatic heterocycles. The molecule has 9 heteroatoms. The maximum atomic E-state index is 13.3. The quantitative estimate of drug-likeness (QED) is 0.271. The SMILES string of the molecule is C=c1[nH]c2c(C(=O)NC3CCCCC3N)sc3nccc(c32)n1-c1ccc(Oc2ccccc2)c(Cl)c1. The summed E-state index contributed by atoms with van der Waals surface area (Å²) < 4.78 is 7.91. The summed E-state index contributed by atoms with van der Waals surface area (Å²) in [5.41, 5.74) is 9.29. The molecule has 0 radical (unpaired) electrons. The number of ether oxygens (including phenoxy) is 1. The van der Waals surface area contributed by atoms with Crippen molar-refractivity contribution in [2.24, 2.45) is 5.73 Å². The summed E-state index contributed by atoms with van der Waals surface area (Å²) in [6.07, 6.45) is 5.75. The molecule has 3 heterocycles. The topological polar surface area (TPSA) is 98.0 Å². The van der Waals surface area contributed by atoms with Gasteiger partial charge in [0, 0.05) is 24.0 Å². The van der Waals surface area contributed by atoms with Gasteiger partial charge in [-0.2, -0.15) is 0 Å². The number of H-pyrrole nitrogens is 1.